The molecule has 0 fully saturated rings. The minimum absolute atomic E-state index is 0.0852. The maximum absolute atomic E-state index is 12.9. The highest BCUT2D eigenvalue weighted by Gasteiger charge is 2.28. The Morgan fingerprint density at radius 1 is 1.18 bits per heavy atom. The van der Waals surface area contributed by atoms with E-state index in [-0.39, 0.29) is 10.8 Å². The molecule has 0 atom stereocenters. The molecule has 0 saturated carbocycles. The second-order valence-electron chi connectivity index (χ2n) is 4.34. The van der Waals surface area contributed by atoms with E-state index in [1.807, 2.05) is 0 Å². The van der Waals surface area contributed by atoms with Gasteiger partial charge in [-0.3, -0.25) is 0 Å². The van der Waals surface area contributed by atoms with E-state index in [4.69, 9.17) is 4.42 Å². The third-order valence-corrected chi connectivity index (χ3v) is 6.72. The van der Waals surface area contributed by atoms with Crippen LogP contribution in [0.2, 0.25) is 0 Å². The van der Waals surface area contributed by atoms with Gasteiger partial charge < -0.3 is 4.42 Å². The zero-order valence-corrected chi connectivity index (χ0v) is 14.4. The molecule has 22 heavy (non-hydrogen) atoms. The molecule has 0 radical (unpaired) electrons. The lowest BCUT2D eigenvalue weighted by molar-refractivity contribution is 0.508. The van der Waals surface area contributed by atoms with Crippen LogP contribution in [0, 0.1) is 0 Å². The van der Waals surface area contributed by atoms with Crippen molar-refractivity contribution in [1.29, 1.82) is 0 Å². The van der Waals surface area contributed by atoms with Gasteiger partial charge in [-0.25, -0.2) is 17.7 Å². The maximum Gasteiger partial charge on any atom is 0.275 e. The zero-order valence-electron chi connectivity index (χ0n) is 11.2. The molecule has 0 N–H and O–H groups in total. The molecular weight excluding hydrogens is 388 g/mol. The van der Waals surface area contributed by atoms with Crippen molar-refractivity contribution in [2.45, 2.75) is 10.8 Å². The van der Waals surface area contributed by atoms with E-state index in [0.717, 1.165) is 15.1 Å². The highest BCUT2D eigenvalue weighted by Crippen LogP contribution is 2.31. The number of thiophene rings is 1. The van der Waals surface area contributed by atoms with E-state index in [1.165, 1.54) is 10.6 Å². The number of furan rings is 1. The van der Waals surface area contributed by atoms with Gasteiger partial charge in [0, 0.05) is 6.20 Å². The molecule has 114 valence electrons. The first kappa shape index (κ1) is 15.3. The third kappa shape index (κ3) is 3.08. The summed E-state index contributed by atoms with van der Waals surface area (Å²) >= 11 is 4.45. The summed E-state index contributed by atoms with van der Waals surface area (Å²) in [7, 11) is -3.71. The van der Waals surface area contributed by atoms with Crippen molar-refractivity contribution in [2.75, 3.05) is 4.31 Å². The number of anilines is 1. The van der Waals surface area contributed by atoms with Crippen molar-refractivity contribution in [3.05, 3.63) is 64.5 Å². The molecule has 3 aromatic heterocycles. The normalized spacial score (nSPS) is 11.5. The summed E-state index contributed by atoms with van der Waals surface area (Å²) < 4.78 is 33.3. The Hall–Kier alpha value is -1.64. The van der Waals surface area contributed by atoms with Crippen molar-refractivity contribution >= 4 is 43.1 Å². The van der Waals surface area contributed by atoms with E-state index in [9.17, 15) is 8.42 Å². The van der Waals surface area contributed by atoms with Crippen LogP contribution in [0.1, 0.15) is 5.76 Å². The molecule has 3 rings (SSSR count). The Kier molecular flexibility index (Phi) is 4.32. The summed E-state index contributed by atoms with van der Waals surface area (Å²) in [6, 6.07) is 11.9. The van der Waals surface area contributed by atoms with Gasteiger partial charge in [0.15, 0.2) is 0 Å². The number of sulfonamides is 1. The van der Waals surface area contributed by atoms with E-state index in [2.05, 4.69) is 20.9 Å². The SMILES string of the molecule is O=S(=O)(c1ccc(Br)s1)N(Cc1ccco1)c1ccccn1. The van der Waals surface area contributed by atoms with Crippen molar-refractivity contribution in [1.82, 2.24) is 4.98 Å². The first-order chi connectivity index (χ1) is 10.6. The summed E-state index contributed by atoms with van der Waals surface area (Å²) in [5.41, 5.74) is 0. The van der Waals surface area contributed by atoms with Crippen LogP contribution in [-0.2, 0) is 16.6 Å². The fourth-order valence-corrected chi connectivity index (χ4v) is 5.39. The quantitative estimate of drug-likeness (QED) is 0.653. The standard InChI is InChI=1S/C14H11BrN2O3S2/c15-12-6-7-14(21-12)22(18,19)17(10-11-4-3-9-20-11)13-5-1-2-8-16-13/h1-9H,10H2. The summed E-state index contributed by atoms with van der Waals surface area (Å²) in [5.74, 6) is 0.897. The average Bonchev–Trinajstić information content (AvgIpc) is 3.17. The molecule has 3 heterocycles. The molecule has 0 aliphatic heterocycles. The average molecular weight is 399 g/mol. The molecule has 3 aromatic rings. The van der Waals surface area contributed by atoms with Crippen molar-refractivity contribution in [3.63, 3.8) is 0 Å². The van der Waals surface area contributed by atoms with Gasteiger partial charge in [0.25, 0.3) is 10.0 Å². The Morgan fingerprint density at radius 2 is 2.05 bits per heavy atom. The first-order valence-electron chi connectivity index (χ1n) is 6.29. The highest BCUT2D eigenvalue weighted by atomic mass is 79.9. The molecule has 0 bridgehead atoms. The molecule has 0 unspecified atom stereocenters. The molecule has 0 spiro atoms. The topological polar surface area (TPSA) is 63.4 Å². The van der Waals surface area contributed by atoms with Gasteiger partial charge in [-0.2, -0.15) is 0 Å². The molecule has 0 aliphatic carbocycles. The van der Waals surface area contributed by atoms with Gasteiger partial charge in [0.1, 0.15) is 15.8 Å². The largest absolute Gasteiger partial charge is 0.467 e. The highest BCUT2D eigenvalue weighted by molar-refractivity contribution is 9.11. The first-order valence-corrected chi connectivity index (χ1v) is 9.34. The smallest absolute Gasteiger partial charge is 0.275 e. The molecule has 0 saturated heterocycles. The van der Waals surface area contributed by atoms with Gasteiger partial charge in [-0.1, -0.05) is 6.07 Å². The van der Waals surface area contributed by atoms with Gasteiger partial charge in [-0.15, -0.1) is 11.3 Å². The van der Waals surface area contributed by atoms with E-state index in [0.29, 0.717) is 11.6 Å². The zero-order chi connectivity index (χ0) is 15.6. The van der Waals surface area contributed by atoms with Gasteiger partial charge >= 0.3 is 0 Å². The molecule has 8 heteroatoms. The van der Waals surface area contributed by atoms with Crippen LogP contribution in [0.3, 0.4) is 0 Å². The van der Waals surface area contributed by atoms with Crippen LogP contribution in [0.15, 0.2) is 67.3 Å². The predicted molar refractivity (Wildman–Crippen MR) is 88.3 cm³/mol. The second kappa shape index (κ2) is 6.23. The van der Waals surface area contributed by atoms with Gasteiger partial charge in [-0.05, 0) is 52.3 Å². The summed E-state index contributed by atoms with van der Waals surface area (Å²) in [6.07, 6.45) is 3.07. The Morgan fingerprint density at radius 3 is 2.64 bits per heavy atom. The fourth-order valence-electron chi connectivity index (χ4n) is 1.88. The second-order valence-corrected chi connectivity index (χ2v) is 8.89. The number of halogens is 1. The van der Waals surface area contributed by atoms with E-state index < -0.39 is 10.0 Å². The van der Waals surface area contributed by atoms with Crippen LogP contribution >= 0.6 is 27.3 Å². The maximum atomic E-state index is 12.9. The lowest BCUT2D eigenvalue weighted by atomic mass is 10.4. The van der Waals surface area contributed by atoms with Crippen LogP contribution < -0.4 is 4.31 Å². The summed E-state index contributed by atoms with van der Waals surface area (Å²) in [6.45, 7) is 0.0852. The van der Waals surface area contributed by atoms with E-state index >= 15 is 0 Å². The number of pyridine rings is 1. The summed E-state index contributed by atoms with van der Waals surface area (Å²) in [5, 5.41) is 0. The third-order valence-electron chi connectivity index (χ3n) is 2.88. The van der Waals surface area contributed by atoms with Crippen LogP contribution in [0.4, 0.5) is 5.82 Å². The van der Waals surface area contributed by atoms with E-state index in [1.54, 1.807) is 48.7 Å². The monoisotopic (exact) mass is 398 g/mol. The number of hydrogen-bond acceptors (Lipinski definition) is 5. The number of rotatable bonds is 5. The molecular formula is C14H11BrN2O3S2. The van der Waals surface area contributed by atoms with Crippen LogP contribution in [0.25, 0.3) is 0 Å². The fraction of sp³-hybridized carbons (Fsp3) is 0.0714. The number of hydrogen-bond donors (Lipinski definition) is 0. The van der Waals surface area contributed by atoms with Gasteiger partial charge in [0.05, 0.1) is 16.6 Å². The van der Waals surface area contributed by atoms with Crippen LogP contribution in [-0.4, -0.2) is 13.4 Å². The Bertz CT molecular complexity index is 845. The molecule has 0 aliphatic rings. The number of aromatic nitrogens is 1. The minimum atomic E-state index is -3.71. The molecule has 0 amide bonds. The Balaban J connectivity index is 2.05. The van der Waals surface area contributed by atoms with Crippen LogP contribution in [0.5, 0.6) is 0 Å². The van der Waals surface area contributed by atoms with Gasteiger partial charge in [0.2, 0.25) is 0 Å². The minimum Gasteiger partial charge on any atom is -0.467 e. The van der Waals surface area contributed by atoms with Crippen molar-refractivity contribution in [3.8, 4) is 0 Å². The lowest BCUT2D eigenvalue weighted by Crippen LogP contribution is -2.30. The van der Waals surface area contributed by atoms with Crippen molar-refractivity contribution in [2.24, 2.45) is 0 Å². The number of nitrogens with zero attached hydrogens (tertiary/aromatic N) is 2. The lowest BCUT2D eigenvalue weighted by Gasteiger charge is -2.21. The molecule has 5 nitrogen and oxygen atoms in total. The molecule has 0 aromatic carbocycles. The predicted octanol–water partition coefficient (Wildman–Crippen LogP) is 3.89. The summed E-state index contributed by atoms with van der Waals surface area (Å²) in [4.78, 5) is 4.16. The van der Waals surface area contributed by atoms with Crippen molar-refractivity contribution < 1.29 is 12.8 Å². The Labute approximate surface area is 140 Å².